The number of nitrogens with one attached hydrogen (secondary N) is 2. The Kier molecular flexibility index (Phi) is 11.2. The van der Waals surface area contributed by atoms with Crippen LogP contribution in [0.4, 0.5) is 11.4 Å². The standard InChI is InChI=1S/C26H38N4O3S2/c1-30(2)17-14-20(19-34-21-10-6-4-7-11-21)27-23-13-12-22(18-24(23)28-32)35-29-25(31)26(33-3)15-8-5-9-16-26/h4,6-7,10-13,18,20,27-28,32H,5,8-9,14-17,19H2,1-3H3,(H,29,31)/p+1. The molecule has 5 N–H and O–H groups in total. The van der Waals surface area contributed by atoms with Crippen LogP contribution < -0.4 is 15.5 Å². The van der Waals surface area contributed by atoms with Gasteiger partial charge in [-0.05, 0) is 76.1 Å². The maximum Gasteiger partial charge on any atom is 0.262 e. The summed E-state index contributed by atoms with van der Waals surface area (Å²) in [4.78, 5) is 17.2. The average molecular weight is 520 g/mol. The van der Waals surface area contributed by atoms with Crippen LogP contribution in [0.15, 0.2) is 58.3 Å². The number of nitrogens with zero attached hydrogens (tertiary/aromatic N) is 1. The number of rotatable bonds is 13. The second-order valence-electron chi connectivity index (χ2n) is 9.23. The van der Waals surface area contributed by atoms with Crippen LogP contribution in [0.1, 0.15) is 38.5 Å². The zero-order chi connectivity index (χ0) is 25.1. The molecule has 2 aromatic rings. The van der Waals surface area contributed by atoms with Gasteiger partial charge in [0.25, 0.3) is 5.91 Å². The Balaban J connectivity index is 1.63. The topological polar surface area (TPSA) is 90.4 Å². The van der Waals surface area contributed by atoms with Gasteiger partial charge in [0.15, 0.2) is 5.69 Å². The molecule has 0 heterocycles. The summed E-state index contributed by atoms with van der Waals surface area (Å²) in [6.45, 7) is 0.965. The lowest BCUT2D eigenvalue weighted by Crippen LogP contribution is -2.74. The van der Waals surface area contributed by atoms with Crippen LogP contribution in [-0.4, -0.2) is 61.2 Å². The van der Waals surface area contributed by atoms with Crippen LogP contribution in [0.25, 0.3) is 0 Å². The molecule has 1 atom stereocenters. The summed E-state index contributed by atoms with van der Waals surface area (Å²) >= 11 is 3.09. The number of nitrogens with two attached hydrogens (primary N) is 1. The lowest BCUT2D eigenvalue weighted by atomic mass is 9.84. The highest BCUT2D eigenvalue weighted by Crippen LogP contribution is 2.33. The summed E-state index contributed by atoms with van der Waals surface area (Å²) in [6.07, 6.45) is 5.65. The van der Waals surface area contributed by atoms with Gasteiger partial charge >= 0.3 is 0 Å². The zero-order valence-electron chi connectivity index (χ0n) is 21.0. The number of amides is 1. The van der Waals surface area contributed by atoms with Crippen LogP contribution in [-0.2, 0) is 9.53 Å². The van der Waals surface area contributed by atoms with Gasteiger partial charge in [0, 0.05) is 34.8 Å². The van der Waals surface area contributed by atoms with Gasteiger partial charge in [0.1, 0.15) is 5.60 Å². The molecule has 0 aromatic heterocycles. The first-order valence-corrected chi connectivity index (χ1v) is 14.0. The third kappa shape index (κ3) is 8.41. The van der Waals surface area contributed by atoms with Gasteiger partial charge in [0.2, 0.25) is 0 Å². The Bertz CT molecular complexity index is 924. The van der Waals surface area contributed by atoms with Gasteiger partial charge in [-0.2, -0.15) is 5.48 Å². The Morgan fingerprint density at radius 1 is 1.14 bits per heavy atom. The van der Waals surface area contributed by atoms with Crippen LogP contribution >= 0.6 is 23.7 Å². The molecule has 1 fully saturated rings. The monoisotopic (exact) mass is 519 g/mol. The fourth-order valence-electron chi connectivity index (χ4n) is 4.23. The van der Waals surface area contributed by atoms with Crippen LogP contribution in [0, 0.1) is 0 Å². The molecule has 1 amide bonds. The van der Waals surface area contributed by atoms with E-state index in [1.807, 2.05) is 36.0 Å². The summed E-state index contributed by atoms with van der Waals surface area (Å²) in [6, 6.07) is 16.5. The molecule has 1 aliphatic carbocycles. The minimum atomic E-state index is -0.727. The number of hydrogen-bond acceptors (Lipinski definition) is 7. The molecule has 35 heavy (non-hydrogen) atoms. The molecule has 3 rings (SSSR count). The Hall–Kier alpha value is -1.75. The molecule has 7 nitrogen and oxygen atoms in total. The molecule has 0 aliphatic heterocycles. The first-order valence-electron chi connectivity index (χ1n) is 12.2. The molecule has 0 radical (unpaired) electrons. The van der Waals surface area contributed by atoms with E-state index in [0.29, 0.717) is 5.69 Å². The molecule has 1 saturated carbocycles. The number of carbonyl (C=O) groups is 1. The predicted molar refractivity (Wildman–Crippen MR) is 144 cm³/mol. The van der Waals surface area contributed by atoms with Gasteiger partial charge in [0.05, 0.1) is 5.69 Å². The first-order chi connectivity index (χ1) is 17.0. The summed E-state index contributed by atoms with van der Waals surface area (Å²) in [7, 11) is 5.78. The molecule has 1 aliphatic rings. The molecular formula is C26H39N4O3S2+. The van der Waals surface area contributed by atoms with Gasteiger partial charge in [-0.15, -0.1) is 11.8 Å². The number of carbonyl (C=O) groups excluding carboxylic acids is 1. The van der Waals surface area contributed by atoms with E-state index in [2.05, 4.69) is 53.3 Å². The van der Waals surface area contributed by atoms with E-state index in [9.17, 15) is 10.0 Å². The van der Waals surface area contributed by atoms with E-state index in [1.165, 1.54) is 16.8 Å². The van der Waals surface area contributed by atoms with Crippen molar-refractivity contribution >= 4 is 41.0 Å². The zero-order valence-corrected chi connectivity index (χ0v) is 22.6. The van der Waals surface area contributed by atoms with Crippen molar-refractivity contribution in [2.75, 3.05) is 38.8 Å². The number of benzene rings is 2. The van der Waals surface area contributed by atoms with Crippen molar-refractivity contribution in [3.05, 3.63) is 48.5 Å². The number of thioether (sulfide) groups is 1. The molecule has 1 unspecified atom stereocenters. The van der Waals surface area contributed by atoms with Gasteiger partial charge in [-0.3, -0.25) is 9.52 Å². The second kappa shape index (κ2) is 14.1. The lowest BCUT2D eigenvalue weighted by molar-refractivity contribution is -0.825. The smallest absolute Gasteiger partial charge is 0.262 e. The quantitative estimate of drug-likeness (QED) is 0.136. The van der Waals surface area contributed by atoms with Crippen molar-refractivity contribution < 1.29 is 20.2 Å². The number of methoxy groups -OCH3 is 1. The van der Waals surface area contributed by atoms with E-state index >= 15 is 0 Å². The highest BCUT2D eigenvalue weighted by atomic mass is 32.2. The van der Waals surface area contributed by atoms with E-state index in [0.717, 1.165) is 66.9 Å². The van der Waals surface area contributed by atoms with Crippen LogP contribution in [0.5, 0.6) is 0 Å². The van der Waals surface area contributed by atoms with Gasteiger partial charge in [-0.25, -0.2) is 5.21 Å². The number of anilines is 1. The summed E-state index contributed by atoms with van der Waals surface area (Å²) < 4.78 is 8.62. The molecule has 192 valence electrons. The summed E-state index contributed by atoms with van der Waals surface area (Å²) in [5.74, 6) is 0.831. The van der Waals surface area contributed by atoms with Crippen LogP contribution in [0.2, 0.25) is 0 Å². The summed E-state index contributed by atoms with van der Waals surface area (Å²) in [5, 5.41) is 13.6. The molecule has 0 bridgehead atoms. The van der Waals surface area contributed by atoms with Crippen molar-refractivity contribution in [1.82, 2.24) is 9.62 Å². The third-order valence-electron chi connectivity index (χ3n) is 6.37. The Morgan fingerprint density at radius 3 is 2.54 bits per heavy atom. The minimum absolute atomic E-state index is 0.0804. The maximum absolute atomic E-state index is 12.9. The largest absolute Gasteiger partial charge is 0.377 e. The molecule has 9 heteroatoms. The van der Waals surface area contributed by atoms with Crippen molar-refractivity contribution in [1.29, 1.82) is 0 Å². The van der Waals surface area contributed by atoms with E-state index in [1.54, 1.807) is 7.11 Å². The minimum Gasteiger partial charge on any atom is -0.377 e. The number of quaternary nitrogens is 1. The SMILES string of the molecule is COC1(C(=O)NSc2ccc(NC(CCN(C)C)CSc3ccccc3)c([NH2+]O)c2)CCCCC1. The Morgan fingerprint density at radius 2 is 1.89 bits per heavy atom. The van der Waals surface area contributed by atoms with E-state index in [4.69, 9.17) is 4.74 Å². The molecule has 0 saturated heterocycles. The average Bonchev–Trinajstić information content (AvgIpc) is 2.90. The highest BCUT2D eigenvalue weighted by Gasteiger charge is 2.39. The summed E-state index contributed by atoms with van der Waals surface area (Å²) in [5.41, 5.74) is 1.97. The van der Waals surface area contributed by atoms with Crippen molar-refractivity contribution in [2.24, 2.45) is 0 Å². The third-order valence-corrected chi connectivity index (χ3v) is 8.32. The Labute approximate surface area is 217 Å². The van der Waals surface area contributed by atoms with Gasteiger partial charge in [-0.1, -0.05) is 37.5 Å². The van der Waals surface area contributed by atoms with Crippen LogP contribution in [0.3, 0.4) is 0 Å². The fraction of sp³-hybridized carbons (Fsp3) is 0.500. The number of ether oxygens (including phenoxy) is 1. The lowest BCUT2D eigenvalue weighted by Gasteiger charge is -2.34. The van der Waals surface area contributed by atoms with Crippen molar-refractivity contribution in [3.8, 4) is 0 Å². The fourth-order valence-corrected chi connectivity index (χ4v) is 5.94. The first kappa shape index (κ1) is 27.8. The van der Waals surface area contributed by atoms with E-state index in [-0.39, 0.29) is 11.9 Å². The molecular weight excluding hydrogens is 480 g/mol. The second-order valence-corrected chi connectivity index (χ2v) is 11.2. The van der Waals surface area contributed by atoms with Crippen molar-refractivity contribution in [3.63, 3.8) is 0 Å². The van der Waals surface area contributed by atoms with Gasteiger partial charge < -0.3 is 15.0 Å². The molecule has 0 spiro atoms. The predicted octanol–water partition coefficient (Wildman–Crippen LogP) is 4.27. The van der Waals surface area contributed by atoms with Crippen molar-refractivity contribution in [2.45, 2.75) is 60.0 Å². The maximum atomic E-state index is 12.9. The normalized spacial score (nSPS) is 16.1. The number of hydrogen-bond donors (Lipinski definition) is 4. The molecule has 2 aromatic carbocycles. The van der Waals surface area contributed by atoms with E-state index < -0.39 is 5.60 Å². The highest BCUT2D eigenvalue weighted by molar-refractivity contribution is 7.99.